The van der Waals surface area contributed by atoms with Crippen molar-refractivity contribution in [3.8, 4) is 17.2 Å². The molecule has 41 heavy (non-hydrogen) atoms. The Morgan fingerprint density at radius 2 is 1.85 bits per heavy atom. The van der Waals surface area contributed by atoms with Gasteiger partial charge in [0.15, 0.2) is 5.13 Å². The molecule has 1 aliphatic heterocycles. The number of methoxy groups -OCH3 is 2. The first-order valence-electron chi connectivity index (χ1n) is 13.5. The maximum Gasteiger partial charge on any atom is 0.195 e. The molecule has 1 atom stereocenters. The van der Waals surface area contributed by atoms with Gasteiger partial charge in [0.05, 0.1) is 30.7 Å². The maximum atomic E-state index is 15.5. The van der Waals surface area contributed by atoms with Crippen LogP contribution in [0.4, 0.5) is 9.52 Å². The lowest BCUT2D eigenvalue weighted by Gasteiger charge is -2.36. The first kappa shape index (κ1) is 29.5. The molecule has 1 fully saturated rings. The second kappa shape index (κ2) is 13.8. The van der Waals surface area contributed by atoms with E-state index < -0.39 is 5.82 Å². The van der Waals surface area contributed by atoms with E-state index in [1.54, 1.807) is 26.5 Å². The number of hydrogen-bond donors (Lipinski definition) is 0. The molecule has 0 spiro atoms. The van der Waals surface area contributed by atoms with Gasteiger partial charge < -0.3 is 14.2 Å². The van der Waals surface area contributed by atoms with Crippen molar-refractivity contribution in [2.45, 2.75) is 43.4 Å². The molecule has 1 saturated heterocycles. The number of hydrogen-bond acceptors (Lipinski definition) is 8. The van der Waals surface area contributed by atoms with Gasteiger partial charge in [-0.05, 0) is 55.5 Å². The highest BCUT2D eigenvalue weighted by Crippen LogP contribution is 2.39. The number of nitrogens with zero attached hydrogens (tertiary/aromatic N) is 3. The fourth-order valence-electron chi connectivity index (χ4n) is 4.91. The number of halogens is 2. The third-order valence-electron chi connectivity index (χ3n) is 7.24. The topological polar surface area (TPSA) is 47.1 Å². The molecular formula is C31H33ClFN3O3S2. The summed E-state index contributed by atoms with van der Waals surface area (Å²) in [7, 11) is 3.23. The fourth-order valence-corrected chi connectivity index (χ4v) is 6.85. The van der Waals surface area contributed by atoms with Crippen molar-refractivity contribution < 1.29 is 18.6 Å². The molecule has 1 unspecified atom stereocenters. The zero-order chi connectivity index (χ0) is 28.8. The highest BCUT2D eigenvalue weighted by Gasteiger charge is 2.26. The van der Waals surface area contributed by atoms with Crippen LogP contribution in [0.15, 0.2) is 77.1 Å². The van der Waals surface area contributed by atoms with Crippen molar-refractivity contribution in [1.29, 1.82) is 0 Å². The van der Waals surface area contributed by atoms with Crippen molar-refractivity contribution in [3.05, 3.63) is 94.2 Å². The summed E-state index contributed by atoms with van der Waals surface area (Å²) < 4.78 is 34.5. The Labute approximate surface area is 254 Å². The first-order valence-corrected chi connectivity index (χ1v) is 15.5. The molecule has 3 aromatic carbocycles. The number of ether oxygens (including phenoxy) is 3. The van der Waals surface area contributed by atoms with Crippen LogP contribution in [-0.4, -0.2) is 43.3 Å². The summed E-state index contributed by atoms with van der Waals surface area (Å²) in [5.74, 6) is 1.36. The first-order chi connectivity index (χ1) is 19.9. The van der Waals surface area contributed by atoms with Crippen LogP contribution in [-0.2, 0) is 6.54 Å². The van der Waals surface area contributed by atoms with E-state index >= 15 is 4.39 Å². The third-order valence-corrected chi connectivity index (χ3v) is 9.47. The fraction of sp³-hybridized carbons (Fsp3) is 0.323. The minimum absolute atomic E-state index is 0.0148. The molecule has 5 rings (SSSR count). The molecular weight excluding hydrogens is 581 g/mol. The summed E-state index contributed by atoms with van der Waals surface area (Å²) in [6, 6.07) is 19.5. The van der Waals surface area contributed by atoms with Crippen LogP contribution < -0.4 is 18.5 Å². The van der Waals surface area contributed by atoms with Gasteiger partial charge in [0.1, 0.15) is 29.2 Å². The predicted octanol–water partition coefficient (Wildman–Crippen LogP) is 8.27. The molecule has 2 heterocycles. The van der Waals surface area contributed by atoms with Crippen LogP contribution in [0.3, 0.4) is 0 Å². The van der Waals surface area contributed by atoms with E-state index in [1.807, 2.05) is 34.0 Å². The van der Waals surface area contributed by atoms with Gasteiger partial charge >= 0.3 is 0 Å². The SMILES string of the molecule is COc1ccc(CN(Sc2cc(Cl)c(OC3CCN(C(C)c4ccccc4)CC3)cc2F)c2nccs2)c(OC)c1. The highest BCUT2D eigenvalue weighted by molar-refractivity contribution is 8.00. The number of aromatic nitrogens is 1. The van der Waals surface area contributed by atoms with E-state index in [1.165, 1.54) is 34.9 Å². The Balaban J connectivity index is 1.26. The molecule has 0 N–H and O–H groups in total. The van der Waals surface area contributed by atoms with Gasteiger partial charge in [-0.15, -0.1) is 11.3 Å². The van der Waals surface area contributed by atoms with Crippen LogP contribution in [0.1, 0.15) is 36.9 Å². The Morgan fingerprint density at radius 3 is 2.54 bits per heavy atom. The van der Waals surface area contributed by atoms with Gasteiger partial charge in [0.2, 0.25) is 0 Å². The number of rotatable bonds is 11. The average molecular weight is 614 g/mol. The van der Waals surface area contributed by atoms with E-state index in [0.717, 1.165) is 36.6 Å². The van der Waals surface area contributed by atoms with Gasteiger partial charge in [-0.25, -0.2) is 9.37 Å². The highest BCUT2D eigenvalue weighted by atomic mass is 35.5. The average Bonchev–Trinajstić information content (AvgIpc) is 3.55. The van der Waals surface area contributed by atoms with Crippen LogP contribution in [0.5, 0.6) is 17.2 Å². The number of benzene rings is 3. The van der Waals surface area contributed by atoms with Gasteiger partial charge in [0, 0.05) is 48.4 Å². The van der Waals surface area contributed by atoms with Gasteiger partial charge in [-0.1, -0.05) is 41.9 Å². The van der Waals surface area contributed by atoms with Crippen molar-refractivity contribution in [2.75, 3.05) is 31.6 Å². The molecule has 4 aromatic rings. The summed E-state index contributed by atoms with van der Waals surface area (Å²) in [5, 5.41) is 3.01. The summed E-state index contributed by atoms with van der Waals surface area (Å²) in [5.41, 5.74) is 2.22. The molecule has 0 aliphatic carbocycles. The molecule has 1 aliphatic rings. The molecule has 1 aromatic heterocycles. The van der Waals surface area contributed by atoms with E-state index in [4.69, 9.17) is 25.8 Å². The Morgan fingerprint density at radius 1 is 1.07 bits per heavy atom. The third kappa shape index (κ3) is 7.27. The normalized spacial score (nSPS) is 15.0. The predicted molar refractivity (Wildman–Crippen MR) is 165 cm³/mol. The molecule has 0 amide bonds. The van der Waals surface area contributed by atoms with Crippen molar-refractivity contribution in [3.63, 3.8) is 0 Å². The minimum atomic E-state index is -0.396. The second-order valence-corrected chi connectivity index (χ2v) is 12.1. The molecule has 0 bridgehead atoms. The Bertz CT molecular complexity index is 1420. The summed E-state index contributed by atoms with van der Waals surface area (Å²) in [6.07, 6.45) is 3.42. The zero-order valence-corrected chi connectivity index (χ0v) is 25.6. The van der Waals surface area contributed by atoms with Crippen molar-refractivity contribution in [2.24, 2.45) is 0 Å². The van der Waals surface area contributed by atoms with Crippen LogP contribution in [0.25, 0.3) is 0 Å². The molecule has 6 nitrogen and oxygen atoms in total. The van der Waals surface area contributed by atoms with Gasteiger partial charge in [-0.3, -0.25) is 9.21 Å². The zero-order valence-electron chi connectivity index (χ0n) is 23.3. The Kier molecular flexibility index (Phi) is 9.92. The van der Waals surface area contributed by atoms with Crippen molar-refractivity contribution in [1.82, 2.24) is 9.88 Å². The maximum absolute atomic E-state index is 15.5. The number of piperidine rings is 1. The van der Waals surface area contributed by atoms with Crippen molar-refractivity contribution >= 4 is 40.0 Å². The number of thiazole rings is 1. The van der Waals surface area contributed by atoms with Crippen LogP contribution in [0.2, 0.25) is 5.02 Å². The lowest BCUT2D eigenvalue weighted by molar-refractivity contribution is 0.0795. The van der Waals surface area contributed by atoms with Crippen LogP contribution >= 0.6 is 34.9 Å². The second-order valence-electron chi connectivity index (χ2n) is 9.77. The van der Waals surface area contributed by atoms with E-state index in [-0.39, 0.29) is 6.10 Å². The monoisotopic (exact) mass is 613 g/mol. The lowest BCUT2D eigenvalue weighted by atomic mass is 10.0. The lowest BCUT2D eigenvalue weighted by Crippen LogP contribution is -2.39. The quantitative estimate of drug-likeness (QED) is 0.158. The van der Waals surface area contributed by atoms with Gasteiger partial charge in [0.25, 0.3) is 0 Å². The summed E-state index contributed by atoms with van der Waals surface area (Å²) in [6.45, 7) is 4.48. The smallest absolute Gasteiger partial charge is 0.195 e. The summed E-state index contributed by atoms with van der Waals surface area (Å²) >= 11 is 9.36. The number of likely N-dealkylation sites (tertiary alicyclic amines) is 1. The molecule has 10 heteroatoms. The minimum Gasteiger partial charge on any atom is -0.497 e. The summed E-state index contributed by atoms with van der Waals surface area (Å²) in [4.78, 5) is 7.30. The van der Waals surface area contributed by atoms with E-state index in [9.17, 15) is 0 Å². The molecule has 216 valence electrons. The molecule has 0 saturated carbocycles. The molecule has 0 radical (unpaired) electrons. The van der Waals surface area contributed by atoms with Crippen LogP contribution in [0, 0.1) is 5.82 Å². The standard InChI is InChI=1S/C31H33ClFN3O3S2/c1-21(22-7-5-4-6-8-22)35-14-11-24(12-15-35)39-29-19-27(33)30(18-26(29)32)41-36(31-34-13-16-40-31)20-23-9-10-25(37-2)17-28(23)38-3/h4-10,13,16-19,21,24H,11-12,14-15,20H2,1-3H3. The van der Waals surface area contributed by atoms with Gasteiger partial charge in [-0.2, -0.15) is 0 Å². The van der Waals surface area contributed by atoms with E-state index in [2.05, 4.69) is 41.1 Å². The largest absolute Gasteiger partial charge is 0.497 e. The van der Waals surface area contributed by atoms with E-state index in [0.29, 0.717) is 39.8 Å². The Hall–Kier alpha value is -2.98. The number of anilines is 1.